The minimum Gasteiger partial charge on any atom is -0.497 e. The maximum atomic E-state index is 12.8. The Morgan fingerprint density at radius 2 is 1.76 bits per heavy atom. The molecule has 4 rings (SSSR count). The Bertz CT molecular complexity index is 796. The van der Waals surface area contributed by atoms with Gasteiger partial charge in [0.1, 0.15) is 17.3 Å². The van der Waals surface area contributed by atoms with Gasteiger partial charge in [0, 0.05) is 37.0 Å². The molecule has 154 valence electrons. The maximum Gasteiger partial charge on any atom is 0.139 e. The van der Waals surface area contributed by atoms with Crippen molar-refractivity contribution in [3.05, 3.63) is 60.2 Å². The van der Waals surface area contributed by atoms with Gasteiger partial charge in [-0.1, -0.05) is 36.4 Å². The summed E-state index contributed by atoms with van der Waals surface area (Å²) in [5, 5.41) is 0. The topological polar surface area (TPSA) is 48.0 Å². The van der Waals surface area contributed by atoms with Crippen molar-refractivity contribution in [3.63, 3.8) is 0 Å². The summed E-state index contributed by atoms with van der Waals surface area (Å²) in [5.41, 5.74) is 1.32. The highest BCUT2D eigenvalue weighted by Gasteiger charge is 2.40. The normalized spacial score (nSPS) is 24.1. The van der Waals surface area contributed by atoms with Crippen molar-refractivity contribution in [3.8, 4) is 11.5 Å². The summed E-state index contributed by atoms with van der Waals surface area (Å²) >= 11 is 0. The van der Waals surface area contributed by atoms with Crippen molar-refractivity contribution in [2.45, 2.75) is 37.9 Å². The first-order valence-corrected chi connectivity index (χ1v) is 10.4. The van der Waals surface area contributed by atoms with Gasteiger partial charge < -0.3 is 14.2 Å². The first-order valence-electron chi connectivity index (χ1n) is 10.4. The predicted molar refractivity (Wildman–Crippen MR) is 111 cm³/mol. The zero-order valence-corrected chi connectivity index (χ0v) is 17.0. The molecule has 2 heterocycles. The quantitative estimate of drug-likeness (QED) is 0.682. The van der Waals surface area contributed by atoms with Crippen LogP contribution in [0, 0.1) is 5.92 Å². The molecule has 0 spiro atoms. The van der Waals surface area contributed by atoms with Crippen LogP contribution in [-0.4, -0.2) is 49.7 Å². The van der Waals surface area contributed by atoms with Crippen molar-refractivity contribution in [1.82, 2.24) is 4.90 Å². The predicted octanol–water partition coefficient (Wildman–Crippen LogP) is 3.71. The number of benzene rings is 2. The molecule has 0 aromatic heterocycles. The van der Waals surface area contributed by atoms with Gasteiger partial charge in [-0.3, -0.25) is 9.69 Å². The molecule has 2 unspecified atom stereocenters. The Morgan fingerprint density at radius 3 is 2.48 bits per heavy atom. The van der Waals surface area contributed by atoms with E-state index >= 15 is 0 Å². The number of hydrogen-bond acceptors (Lipinski definition) is 5. The number of morpholine rings is 1. The number of hydrogen-bond donors (Lipinski definition) is 0. The summed E-state index contributed by atoms with van der Waals surface area (Å²) in [5.74, 6) is 1.91. The molecule has 2 aliphatic rings. The van der Waals surface area contributed by atoms with E-state index in [1.54, 1.807) is 7.11 Å². The molecule has 2 bridgehead atoms. The molecular formula is C24H29NO4. The third-order valence-electron chi connectivity index (χ3n) is 5.99. The molecule has 0 saturated carbocycles. The van der Waals surface area contributed by atoms with Crippen LogP contribution in [0.1, 0.15) is 24.8 Å². The fourth-order valence-corrected chi connectivity index (χ4v) is 4.47. The van der Waals surface area contributed by atoms with Crippen LogP contribution in [0.3, 0.4) is 0 Å². The van der Waals surface area contributed by atoms with E-state index < -0.39 is 0 Å². The molecular weight excluding hydrogens is 366 g/mol. The summed E-state index contributed by atoms with van der Waals surface area (Å²) in [7, 11) is 1.63. The number of ketones is 1. The number of carbonyl (C=O) groups is 1. The maximum absolute atomic E-state index is 12.8. The van der Waals surface area contributed by atoms with Gasteiger partial charge in [-0.05, 0) is 30.5 Å². The van der Waals surface area contributed by atoms with E-state index in [0.29, 0.717) is 44.1 Å². The molecule has 2 aromatic rings. The number of piperidine rings is 1. The molecule has 2 aromatic carbocycles. The van der Waals surface area contributed by atoms with Crippen molar-refractivity contribution in [2.24, 2.45) is 5.92 Å². The Hall–Kier alpha value is -2.37. The highest BCUT2D eigenvalue weighted by molar-refractivity contribution is 5.81. The van der Waals surface area contributed by atoms with E-state index in [4.69, 9.17) is 14.2 Å². The third-order valence-corrected chi connectivity index (χ3v) is 5.99. The second-order valence-corrected chi connectivity index (χ2v) is 7.92. The minimum absolute atomic E-state index is 0.106. The van der Waals surface area contributed by atoms with Crippen LogP contribution < -0.4 is 9.47 Å². The lowest BCUT2D eigenvalue weighted by Crippen LogP contribution is -2.57. The standard InChI is InChI=1S/C24H29NO4/c1-27-22-8-5-9-23(14-22)29-11-10-24(26)19-12-20-16-28-17-21(13-19)25(20)15-18-6-3-2-4-7-18/h2-9,14,19-21H,10-13,15-17H2,1H3. The van der Waals surface area contributed by atoms with Gasteiger partial charge in [-0.25, -0.2) is 0 Å². The van der Waals surface area contributed by atoms with Gasteiger partial charge in [0.05, 0.1) is 26.9 Å². The molecule has 0 aliphatic carbocycles. The van der Waals surface area contributed by atoms with E-state index in [9.17, 15) is 4.79 Å². The van der Waals surface area contributed by atoms with Crippen molar-refractivity contribution < 1.29 is 19.0 Å². The van der Waals surface area contributed by atoms with E-state index in [0.717, 1.165) is 30.9 Å². The van der Waals surface area contributed by atoms with Gasteiger partial charge >= 0.3 is 0 Å². The number of carbonyl (C=O) groups excluding carboxylic acids is 1. The zero-order chi connectivity index (χ0) is 20.1. The molecule has 2 aliphatic heterocycles. The van der Waals surface area contributed by atoms with Crippen LogP contribution >= 0.6 is 0 Å². The van der Waals surface area contributed by atoms with Crippen LogP contribution in [0.2, 0.25) is 0 Å². The van der Waals surface area contributed by atoms with E-state index in [1.165, 1.54) is 5.56 Å². The second kappa shape index (κ2) is 9.42. The molecule has 5 heteroatoms. The summed E-state index contributed by atoms with van der Waals surface area (Å²) < 4.78 is 16.8. The number of rotatable bonds is 8. The van der Waals surface area contributed by atoms with E-state index in [2.05, 4.69) is 29.2 Å². The number of methoxy groups -OCH3 is 1. The Morgan fingerprint density at radius 1 is 1.03 bits per heavy atom. The number of nitrogens with zero attached hydrogens (tertiary/aromatic N) is 1. The molecule has 2 saturated heterocycles. The van der Waals surface area contributed by atoms with Crippen molar-refractivity contribution in [2.75, 3.05) is 26.9 Å². The average molecular weight is 395 g/mol. The Balaban J connectivity index is 1.30. The monoisotopic (exact) mass is 395 g/mol. The summed E-state index contributed by atoms with van der Waals surface area (Å²) in [4.78, 5) is 15.4. The van der Waals surface area contributed by atoms with Crippen molar-refractivity contribution >= 4 is 5.78 Å². The van der Waals surface area contributed by atoms with Crippen LogP contribution in [0.15, 0.2) is 54.6 Å². The molecule has 2 fully saturated rings. The highest BCUT2D eigenvalue weighted by atomic mass is 16.5. The van der Waals surface area contributed by atoms with Gasteiger partial charge in [-0.15, -0.1) is 0 Å². The SMILES string of the molecule is COc1cccc(OCCC(=O)C2CC3COCC(C2)N3Cc2ccccc2)c1. The summed E-state index contributed by atoms with van der Waals surface area (Å²) in [6.45, 7) is 2.77. The van der Waals surface area contributed by atoms with Crippen LogP contribution in [-0.2, 0) is 16.1 Å². The van der Waals surface area contributed by atoms with E-state index in [1.807, 2.05) is 30.3 Å². The third kappa shape index (κ3) is 4.98. The Labute approximate surface area is 172 Å². The van der Waals surface area contributed by atoms with E-state index in [-0.39, 0.29) is 5.92 Å². The lowest BCUT2D eigenvalue weighted by atomic mass is 9.81. The molecule has 0 amide bonds. The number of ether oxygens (including phenoxy) is 3. The molecule has 29 heavy (non-hydrogen) atoms. The van der Waals surface area contributed by atoms with Crippen LogP contribution in [0.4, 0.5) is 0 Å². The largest absolute Gasteiger partial charge is 0.497 e. The van der Waals surface area contributed by atoms with Crippen molar-refractivity contribution in [1.29, 1.82) is 0 Å². The lowest BCUT2D eigenvalue weighted by Gasteiger charge is -2.48. The average Bonchev–Trinajstić information content (AvgIpc) is 2.74. The second-order valence-electron chi connectivity index (χ2n) is 7.92. The van der Waals surface area contributed by atoms with Gasteiger partial charge in [0.2, 0.25) is 0 Å². The number of Topliss-reactive ketones (excluding diaryl/α,β-unsaturated/α-hetero) is 1. The minimum atomic E-state index is 0.106. The van der Waals surface area contributed by atoms with Crippen LogP contribution in [0.5, 0.6) is 11.5 Å². The molecule has 5 nitrogen and oxygen atoms in total. The molecule has 0 radical (unpaired) electrons. The fourth-order valence-electron chi connectivity index (χ4n) is 4.47. The fraction of sp³-hybridized carbons (Fsp3) is 0.458. The first kappa shape index (κ1) is 19.9. The number of fused-ring (bicyclic) bond motifs is 2. The zero-order valence-electron chi connectivity index (χ0n) is 17.0. The highest BCUT2D eigenvalue weighted by Crippen LogP contribution is 2.34. The molecule has 2 atom stereocenters. The lowest BCUT2D eigenvalue weighted by molar-refractivity contribution is -0.134. The Kier molecular flexibility index (Phi) is 6.47. The first-order chi connectivity index (χ1) is 14.2. The smallest absolute Gasteiger partial charge is 0.139 e. The molecule has 0 N–H and O–H groups in total. The summed E-state index contributed by atoms with van der Waals surface area (Å²) in [6, 6.07) is 18.7. The summed E-state index contributed by atoms with van der Waals surface area (Å²) in [6.07, 6.45) is 2.20. The van der Waals surface area contributed by atoms with Gasteiger partial charge in [0.25, 0.3) is 0 Å². The van der Waals surface area contributed by atoms with Crippen LogP contribution in [0.25, 0.3) is 0 Å². The van der Waals surface area contributed by atoms with Gasteiger partial charge in [-0.2, -0.15) is 0 Å². The van der Waals surface area contributed by atoms with Gasteiger partial charge in [0.15, 0.2) is 0 Å².